The summed E-state index contributed by atoms with van der Waals surface area (Å²) in [5, 5.41) is 2.56. The number of ether oxygens (including phenoxy) is 1. The lowest BCUT2D eigenvalue weighted by molar-refractivity contribution is -0.145. The first kappa shape index (κ1) is 23.6. The molecule has 1 heterocycles. The third-order valence-corrected chi connectivity index (χ3v) is 15.0. The van der Waals surface area contributed by atoms with Crippen LogP contribution in [0.4, 0.5) is 0 Å². The van der Waals surface area contributed by atoms with Gasteiger partial charge in [0.2, 0.25) is 15.9 Å². The van der Waals surface area contributed by atoms with Gasteiger partial charge in [0.25, 0.3) is 0 Å². The highest BCUT2D eigenvalue weighted by Crippen LogP contribution is 2.44. The molecule has 29 heavy (non-hydrogen) atoms. The fourth-order valence-corrected chi connectivity index (χ4v) is 10.4. The first-order valence-corrected chi connectivity index (χ1v) is 14.3. The maximum atomic E-state index is 12.7. The lowest BCUT2D eigenvalue weighted by Gasteiger charge is -2.53. The minimum absolute atomic E-state index is 0.0332. The molecule has 0 bridgehead atoms. The molecule has 0 spiro atoms. The number of hydrogen-bond acceptors (Lipinski definition) is 5. The number of hydrogen-bond donors (Lipinski definition) is 1. The summed E-state index contributed by atoms with van der Waals surface area (Å²) in [6, 6.07) is 8.18. The average molecular weight is 441 g/mol. The Hall–Kier alpha value is -1.71. The van der Waals surface area contributed by atoms with Crippen molar-refractivity contribution in [2.45, 2.75) is 63.8 Å². The van der Waals surface area contributed by atoms with E-state index in [1.165, 1.54) is 7.11 Å². The quantitative estimate of drug-likeness (QED) is 0.519. The largest absolute Gasteiger partial charge is 0.467 e. The van der Waals surface area contributed by atoms with Crippen LogP contribution in [0.25, 0.3) is 0 Å². The van der Waals surface area contributed by atoms with Gasteiger partial charge in [-0.05, 0) is 10.6 Å². The summed E-state index contributed by atoms with van der Waals surface area (Å²) in [4.78, 5) is 24.8. The van der Waals surface area contributed by atoms with Gasteiger partial charge in [-0.15, -0.1) is 0 Å². The molecule has 162 valence electrons. The molecule has 0 aliphatic carbocycles. The van der Waals surface area contributed by atoms with Crippen molar-refractivity contribution < 1.29 is 22.7 Å². The first-order valence-electron chi connectivity index (χ1n) is 9.73. The van der Waals surface area contributed by atoms with E-state index in [1.807, 2.05) is 64.2 Å². The second-order valence-corrected chi connectivity index (χ2v) is 16.4. The number of methoxy groups -OCH3 is 1. The Morgan fingerprint density at radius 2 is 1.83 bits per heavy atom. The molecule has 1 saturated heterocycles. The molecule has 2 atom stereocenters. The van der Waals surface area contributed by atoms with Crippen molar-refractivity contribution in [2.75, 3.05) is 12.9 Å². The van der Waals surface area contributed by atoms with E-state index in [0.29, 0.717) is 6.42 Å². The van der Waals surface area contributed by atoms with E-state index >= 15 is 0 Å². The van der Waals surface area contributed by atoms with Crippen molar-refractivity contribution >= 4 is 30.1 Å². The lowest BCUT2D eigenvalue weighted by atomic mass is 10.1. The zero-order valence-corrected chi connectivity index (χ0v) is 19.9. The van der Waals surface area contributed by atoms with Crippen molar-refractivity contribution in [3.05, 3.63) is 35.9 Å². The Morgan fingerprint density at radius 1 is 1.24 bits per heavy atom. The van der Waals surface area contributed by atoms with E-state index in [0.717, 1.165) is 5.56 Å². The molecule has 0 radical (unpaired) electrons. The Labute approximate surface area is 175 Å². The second kappa shape index (κ2) is 8.57. The highest BCUT2D eigenvalue weighted by Gasteiger charge is 2.56. The summed E-state index contributed by atoms with van der Waals surface area (Å²) in [7, 11) is -4.39. The highest BCUT2D eigenvalue weighted by molar-refractivity contribution is 7.92. The van der Waals surface area contributed by atoms with Gasteiger partial charge in [-0.1, -0.05) is 64.2 Å². The number of benzene rings is 1. The van der Waals surface area contributed by atoms with Crippen LogP contribution in [0.5, 0.6) is 0 Å². The number of rotatable bonds is 7. The van der Waals surface area contributed by atoms with Crippen LogP contribution < -0.4 is 5.32 Å². The fourth-order valence-electron chi connectivity index (χ4n) is 3.46. The fraction of sp³-hybridized carbons (Fsp3) is 0.600. The van der Waals surface area contributed by atoms with Crippen molar-refractivity contribution in [1.82, 2.24) is 9.29 Å². The standard InChI is InChI=1S/C20H32N2O5SSi/c1-20(2,3)29(5,6)22-16(14-28(22,25)26)13-18(23)21-17(19(24)27-4)12-15-10-8-7-9-11-15/h7-11,16-17H,12-14H2,1-6H3,(H,21,23)/t16?,17-/m0/s1. The molecule has 2 rings (SSSR count). The molecule has 1 N–H and O–H groups in total. The third-order valence-electron chi connectivity index (χ3n) is 5.95. The van der Waals surface area contributed by atoms with Crippen LogP contribution in [-0.2, 0) is 30.8 Å². The van der Waals surface area contributed by atoms with E-state index < -0.39 is 30.3 Å². The van der Waals surface area contributed by atoms with Crippen LogP contribution in [0, 0.1) is 0 Å². The van der Waals surface area contributed by atoms with Gasteiger partial charge in [-0.2, -0.15) is 0 Å². The molecule has 9 heteroatoms. The van der Waals surface area contributed by atoms with E-state index in [1.54, 1.807) is 3.97 Å². The summed E-state index contributed by atoms with van der Waals surface area (Å²) < 4.78 is 31.4. The Bertz CT molecular complexity index is 849. The number of esters is 1. The molecule has 1 amide bonds. The number of amides is 1. The zero-order chi connectivity index (χ0) is 22.0. The molecule has 1 fully saturated rings. The summed E-state index contributed by atoms with van der Waals surface area (Å²) in [6.45, 7) is 10.1. The Balaban J connectivity index is 2.10. The van der Waals surface area contributed by atoms with Gasteiger partial charge < -0.3 is 10.1 Å². The number of nitrogens with zero attached hydrogens (tertiary/aromatic N) is 1. The highest BCUT2D eigenvalue weighted by atomic mass is 32.2. The van der Waals surface area contributed by atoms with E-state index in [-0.39, 0.29) is 29.2 Å². The zero-order valence-electron chi connectivity index (χ0n) is 18.1. The van der Waals surface area contributed by atoms with E-state index in [9.17, 15) is 18.0 Å². The molecule has 1 aliphatic heterocycles. The van der Waals surface area contributed by atoms with Crippen LogP contribution >= 0.6 is 0 Å². The SMILES string of the molecule is COC(=O)[C@H](Cc1ccccc1)NC(=O)CC1CS(=O)(=O)N1[Si](C)(C)C(C)(C)C. The molecular formula is C20H32N2O5SSi. The monoisotopic (exact) mass is 440 g/mol. The van der Waals surface area contributed by atoms with Gasteiger partial charge in [0.15, 0.2) is 0 Å². The summed E-state index contributed by atoms with van der Waals surface area (Å²) in [5.74, 6) is -0.904. The van der Waals surface area contributed by atoms with E-state index in [4.69, 9.17) is 4.74 Å². The van der Waals surface area contributed by atoms with Gasteiger partial charge in [0, 0.05) is 18.9 Å². The van der Waals surface area contributed by atoms with Crippen molar-refractivity contribution in [3.8, 4) is 0 Å². The summed E-state index contributed by atoms with van der Waals surface area (Å²) in [5.41, 5.74) is 0.900. The number of sulfonamides is 1. The minimum atomic E-state index is -3.33. The molecule has 0 aromatic heterocycles. The van der Waals surface area contributed by atoms with Crippen molar-refractivity contribution in [2.24, 2.45) is 0 Å². The topological polar surface area (TPSA) is 92.8 Å². The molecule has 1 aromatic carbocycles. The normalized spacial score (nSPS) is 20.4. The third kappa shape index (κ3) is 5.26. The second-order valence-electron chi connectivity index (χ2n) is 9.07. The predicted octanol–water partition coefficient (Wildman–Crippen LogP) is 2.30. The molecule has 1 unspecified atom stereocenters. The van der Waals surface area contributed by atoms with Gasteiger partial charge >= 0.3 is 5.97 Å². The average Bonchev–Trinajstić information content (AvgIpc) is 2.59. The number of nitrogens with one attached hydrogen (secondary N) is 1. The molecule has 7 nitrogen and oxygen atoms in total. The summed E-state index contributed by atoms with van der Waals surface area (Å²) in [6.07, 6.45) is 0.349. The van der Waals surface area contributed by atoms with Gasteiger partial charge in [-0.25, -0.2) is 17.2 Å². The number of carbonyl (C=O) groups is 2. The molecule has 0 saturated carbocycles. The lowest BCUT2D eigenvalue weighted by Crippen LogP contribution is -2.70. The number of carbonyl (C=O) groups excluding carboxylic acids is 2. The minimum Gasteiger partial charge on any atom is -0.467 e. The predicted molar refractivity (Wildman–Crippen MR) is 115 cm³/mol. The van der Waals surface area contributed by atoms with Crippen molar-refractivity contribution in [3.63, 3.8) is 0 Å². The maximum absolute atomic E-state index is 12.7. The summed E-state index contributed by atoms with van der Waals surface area (Å²) >= 11 is 0. The smallest absolute Gasteiger partial charge is 0.328 e. The van der Waals surface area contributed by atoms with Crippen LogP contribution in [0.15, 0.2) is 30.3 Å². The molecule has 1 aromatic rings. The van der Waals surface area contributed by atoms with Crippen LogP contribution in [0.1, 0.15) is 32.8 Å². The van der Waals surface area contributed by atoms with Crippen LogP contribution in [0.2, 0.25) is 18.1 Å². The van der Waals surface area contributed by atoms with Crippen molar-refractivity contribution in [1.29, 1.82) is 0 Å². The van der Waals surface area contributed by atoms with Crippen LogP contribution in [-0.4, -0.2) is 57.4 Å². The Kier molecular flexibility index (Phi) is 6.96. The molecular weight excluding hydrogens is 408 g/mol. The van der Waals surface area contributed by atoms with Gasteiger partial charge in [-0.3, -0.25) is 4.79 Å². The van der Waals surface area contributed by atoms with Gasteiger partial charge in [0.1, 0.15) is 14.3 Å². The Morgan fingerprint density at radius 3 is 2.31 bits per heavy atom. The maximum Gasteiger partial charge on any atom is 0.328 e. The van der Waals surface area contributed by atoms with E-state index in [2.05, 4.69) is 5.32 Å². The van der Waals surface area contributed by atoms with Crippen LogP contribution in [0.3, 0.4) is 0 Å². The first-order chi connectivity index (χ1) is 13.3. The molecule has 1 aliphatic rings. The van der Waals surface area contributed by atoms with Gasteiger partial charge in [0.05, 0.1) is 12.9 Å².